The van der Waals surface area contributed by atoms with Gasteiger partial charge in [-0.05, 0) is 11.6 Å². The first-order chi connectivity index (χ1) is 7.81. The molecule has 0 N–H and O–H groups in total. The molecule has 2 heterocycles. The molecule has 0 aromatic heterocycles. The molecular weight excluding hydrogens is 204 g/mol. The lowest BCUT2D eigenvalue weighted by molar-refractivity contribution is -0.0330. The molecule has 0 aliphatic carbocycles. The van der Waals surface area contributed by atoms with Gasteiger partial charge in [0.05, 0.1) is 20.3 Å². The van der Waals surface area contributed by atoms with Crippen molar-refractivity contribution in [3.05, 3.63) is 23.8 Å². The van der Waals surface area contributed by atoms with Gasteiger partial charge in [0.1, 0.15) is 17.1 Å². The first-order valence-corrected chi connectivity index (χ1v) is 5.75. The Morgan fingerprint density at radius 2 is 2.06 bits per heavy atom. The zero-order valence-electron chi connectivity index (χ0n) is 9.49. The van der Waals surface area contributed by atoms with Crippen LogP contribution in [0.4, 0.5) is 0 Å². The largest absolute Gasteiger partial charge is 0.497 e. The Bertz CT molecular complexity index is 394. The van der Waals surface area contributed by atoms with Gasteiger partial charge >= 0.3 is 0 Å². The Kier molecular flexibility index (Phi) is 2.28. The van der Waals surface area contributed by atoms with Crippen LogP contribution in [0.3, 0.4) is 0 Å². The van der Waals surface area contributed by atoms with Crippen molar-refractivity contribution in [1.29, 1.82) is 0 Å². The molecule has 2 aliphatic heterocycles. The number of hydrogen-bond acceptors (Lipinski definition) is 3. The van der Waals surface area contributed by atoms with Gasteiger partial charge in [0.15, 0.2) is 0 Å². The number of benzene rings is 1. The quantitative estimate of drug-likeness (QED) is 0.726. The molecule has 1 fully saturated rings. The van der Waals surface area contributed by atoms with Gasteiger partial charge < -0.3 is 14.2 Å². The molecular formula is C13H16O3. The second-order valence-corrected chi connectivity index (χ2v) is 4.55. The lowest BCUT2D eigenvalue weighted by Crippen LogP contribution is -2.40. The fourth-order valence-corrected chi connectivity index (χ4v) is 2.54. The molecule has 3 rings (SSSR count). The lowest BCUT2D eigenvalue weighted by Gasteiger charge is -2.32. The zero-order valence-corrected chi connectivity index (χ0v) is 9.49. The predicted octanol–water partition coefficient (Wildman–Crippen LogP) is 2.18. The molecule has 3 heteroatoms. The number of hydrogen-bond donors (Lipinski definition) is 0. The van der Waals surface area contributed by atoms with E-state index in [0.717, 1.165) is 44.0 Å². The minimum Gasteiger partial charge on any atom is -0.497 e. The van der Waals surface area contributed by atoms with Gasteiger partial charge in [-0.1, -0.05) is 6.07 Å². The summed E-state index contributed by atoms with van der Waals surface area (Å²) >= 11 is 0. The van der Waals surface area contributed by atoms with Gasteiger partial charge in [0.2, 0.25) is 0 Å². The number of rotatable bonds is 1. The molecule has 0 atom stereocenters. The van der Waals surface area contributed by atoms with Crippen LogP contribution in [0.25, 0.3) is 0 Å². The highest BCUT2D eigenvalue weighted by Gasteiger charge is 2.40. The van der Waals surface area contributed by atoms with Crippen LogP contribution in [0.1, 0.15) is 18.4 Å². The normalized spacial score (nSPS) is 21.6. The van der Waals surface area contributed by atoms with E-state index >= 15 is 0 Å². The summed E-state index contributed by atoms with van der Waals surface area (Å²) in [4.78, 5) is 0. The molecule has 0 unspecified atom stereocenters. The summed E-state index contributed by atoms with van der Waals surface area (Å²) in [6, 6.07) is 6.10. The van der Waals surface area contributed by atoms with Crippen LogP contribution < -0.4 is 9.47 Å². The van der Waals surface area contributed by atoms with Crippen LogP contribution in [-0.2, 0) is 11.2 Å². The van der Waals surface area contributed by atoms with Crippen LogP contribution >= 0.6 is 0 Å². The predicted molar refractivity (Wildman–Crippen MR) is 60.1 cm³/mol. The maximum absolute atomic E-state index is 6.12. The molecule has 0 saturated carbocycles. The Morgan fingerprint density at radius 3 is 2.81 bits per heavy atom. The number of fused-ring (bicyclic) bond motifs is 1. The average Bonchev–Trinajstić information content (AvgIpc) is 2.66. The van der Waals surface area contributed by atoms with E-state index in [1.807, 2.05) is 12.1 Å². The number of ether oxygens (including phenoxy) is 3. The summed E-state index contributed by atoms with van der Waals surface area (Å²) in [7, 11) is 1.68. The van der Waals surface area contributed by atoms with Gasteiger partial charge in [0, 0.05) is 25.3 Å². The average molecular weight is 220 g/mol. The van der Waals surface area contributed by atoms with E-state index in [9.17, 15) is 0 Å². The molecule has 0 bridgehead atoms. The Morgan fingerprint density at radius 1 is 1.25 bits per heavy atom. The van der Waals surface area contributed by atoms with E-state index in [2.05, 4.69) is 6.07 Å². The minimum absolute atomic E-state index is 0.00700. The summed E-state index contributed by atoms with van der Waals surface area (Å²) in [6.07, 6.45) is 2.99. The second-order valence-electron chi connectivity index (χ2n) is 4.55. The summed E-state index contributed by atoms with van der Waals surface area (Å²) in [5.74, 6) is 1.85. The van der Waals surface area contributed by atoms with E-state index in [-0.39, 0.29) is 5.60 Å². The molecule has 16 heavy (non-hydrogen) atoms. The third-order valence-corrected chi connectivity index (χ3v) is 3.52. The minimum atomic E-state index is -0.00700. The van der Waals surface area contributed by atoms with E-state index in [0.29, 0.717) is 0 Å². The Balaban J connectivity index is 1.87. The monoisotopic (exact) mass is 220 g/mol. The fraction of sp³-hybridized carbons (Fsp3) is 0.538. The molecule has 1 aromatic rings. The van der Waals surface area contributed by atoms with E-state index < -0.39 is 0 Å². The van der Waals surface area contributed by atoms with Crippen molar-refractivity contribution in [2.75, 3.05) is 20.3 Å². The van der Waals surface area contributed by atoms with E-state index in [1.165, 1.54) is 5.56 Å². The highest BCUT2D eigenvalue weighted by molar-refractivity contribution is 5.44. The van der Waals surface area contributed by atoms with Crippen LogP contribution in [-0.4, -0.2) is 25.9 Å². The summed E-state index contributed by atoms with van der Waals surface area (Å²) in [6.45, 7) is 1.62. The molecule has 2 aliphatic rings. The zero-order chi connectivity index (χ0) is 11.0. The molecule has 1 spiro atoms. The van der Waals surface area contributed by atoms with Crippen molar-refractivity contribution in [2.24, 2.45) is 0 Å². The van der Waals surface area contributed by atoms with Gasteiger partial charge in [0.25, 0.3) is 0 Å². The topological polar surface area (TPSA) is 27.7 Å². The molecule has 86 valence electrons. The fourth-order valence-electron chi connectivity index (χ4n) is 2.54. The van der Waals surface area contributed by atoms with Crippen LogP contribution in [0.2, 0.25) is 0 Å². The Labute approximate surface area is 95.3 Å². The molecule has 0 radical (unpaired) electrons. The summed E-state index contributed by atoms with van der Waals surface area (Å²) in [5, 5.41) is 0. The van der Waals surface area contributed by atoms with Gasteiger partial charge in [-0.15, -0.1) is 0 Å². The second kappa shape index (κ2) is 3.67. The van der Waals surface area contributed by atoms with Crippen molar-refractivity contribution in [3.63, 3.8) is 0 Å². The van der Waals surface area contributed by atoms with Crippen molar-refractivity contribution in [2.45, 2.75) is 24.9 Å². The van der Waals surface area contributed by atoms with Crippen molar-refractivity contribution >= 4 is 0 Å². The van der Waals surface area contributed by atoms with Gasteiger partial charge in [-0.3, -0.25) is 0 Å². The highest BCUT2D eigenvalue weighted by Crippen LogP contribution is 2.41. The third-order valence-electron chi connectivity index (χ3n) is 3.52. The van der Waals surface area contributed by atoms with Crippen molar-refractivity contribution in [3.8, 4) is 11.5 Å². The van der Waals surface area contributed by atoms with Crippen LogP contribution in [0.15, 0.2) is 18.2 Å². The third kappa shape index (κ3) is 1.55. The number of methoxy groups -OCH3 is 1. The van der Waals surface area contributed by atoms with E-state index in [1.54, 1.807) is 7.11 Å². The summed E-state index contributed by atoms with van der Waals surface area (Å²) < 4.78 is 16.7. The van der Waals surface area contributed by atoms with E-state index in [4.69, 9.17) is 14.2 Å². The first kappa shape index (κ1) is 9.97. The first-order valence-electron chi connectivity index (χ1n) is 5.75. The molecule has 3 nitrogen and oxygen atoms in total. The van der Waals surface area contributed by atoms with Crippen LogP contribution in [0.5, 0.6) is 11.5 Å². The standard InChI is InChI=1S/C13H16O3/c1-14-11-3-2-10-9-13(16-12(10)8-11)4-6-15-7-5-13/h2-3,8H,4-7,9H2,1H3. The molecule has 0 amide bonds. The molecule has 1 saturated heterocycles. The SMILES string of the molecule is COc1ccc2c(c1)OC1(CCOCC1)C2. The molecule has 1 aromatic carbocycles. The smallest absolute Gasteiger partial charge is 0.127 e. The van der Waals surface area contributed by atoms with Gasteiger partial charge in [-0.25, -0.2) is 0 Å². The van der Waals surface area contributed by atoms with Gasteiger partial charge in [-0.2, -0.15) is 0 Å². The van der Waals surface area contributed by atoms with Crippen molar-refractivity contribution in [1.82, 2.24) is 0 Å². The highest BCUT2D eigenvalue weighted by atomic mass is 16.5. The summed E-state index contributed by atoms with van der Waals surface area (Å²) in [5.41, 5.74) is 1.29. The lowest BCUT2D eigenvalue weighted by atomic mass is 9.89. The maximum Gasteiger partial charge on any atom is 0.127 e. The maximum atomic E-state index is 6.12. The Hall–Kier alpha value is -1.22. The van der Waals surface area contributed by atoms with Crippen LogP contribution in [0, 0.1) is 0 Å². The van der Waals surface area contributed by atoms with Crippen molar-refractivity contribution < 1.29 is 14.2 Å².